The maximum absolute atomic E-state index is 13.4. The number of halogens is 1. The number of piperidine rings is 1. The van der Waals surface area contributed by atoms with Crippen molar-refractivity contribution >= 4 is 17.6 Å². The lowest BCUT2D eigenvalue weighted by Crippen LogP contribution is -2.46. The number of nitrogens with zero attached hydrogens (tertiary/aromatic N) is 2. The van der Waals surface area contributed by atoms with Crippen LogP contribution in [0.5, 0.6) is 0 Å². The molecule has 6 nitrogen and oxygen atoms in total. The molecule has 4 rings (SSSR count). The zero-order valence-corrected chi connectivity index (χ0v) is 22.2. The number of anilines is 1. The zero-order valence-electron chi connectivity index (χ0n) is 22.2. The first-order valence-corrected chi connectivity index (χ1v) is 12.9. The SMILES string of the molecule is COCc1cc(CN2CCC(C)(CN(C(C)=O)c3ccc(C(=O)O)cc3)CC2)ccc1-c1ccc(F)cc1. The minimum absolute atomic E-state index is 0.0404. The molecular formula is C31H35FN2O4. The Morgan fingerprint density at radius 2 is 1.68 bits per heavy atom. The minimum atomic E-state index is -0.982. The van der Waals surface area contributed by atoms with E-state index in [-0.39, 0.29) is 22.7 Å². The standard InChI is InChI=1S/C31H35FN2O4/c1-22(35)34(28-11-7-25(8-12-28)30(36)37)21-31(2)14-16-33(17-15-31)19-23-4-13-29(26(18-23)20-38-3)24-5-9-27(32)10-6-24/h4-13,18H,14-17,19-21H2,1-3H3,(H,36,37). The van der Waals surface area contributed by atoms with E-state index >= 15 is 0 Å². The Morgan fingerprint density at radius 3 is 2.26 bits per heavy atom. The van der Waals surface area contributed by atoms with Gasteiger partial charge in [0, 0.05) is 32.8 Å². The second-order valence-corrected chi connectivity index (χ2v) is 10.5. The fourth-order valence-electron chi connectivity index (χ4n) is 5.15. The summed E-state index contributed by atoms with van der Waals surface area (Å²) in [5, 5.41) is 9.17. The van der Waals surface area contributed by atoms with E-state index in [1.807, 2.05) is 0 Å². The molecule has 200 valence electrons. The quantitative estimate of drug-likeness (QED) is 0.377. The van der Waals surface area contributed by atoms with Crippen molar-refractivity contribution in [1.29, 1.82) is 0 Å². The summed E-state index contributed by atoms with van der Waals surface area (Å²) in [5.41, 5.74) is 5.17. The predicted molar refractivity (Wildman–Crippen MR) is 147 cm³/mol. The van der Waals surface area contributed by atoms with Crippen LogP contribution in [0.3, 0.4) is 0 Å². The first-order chi connectivity index (χ1) is 18.2. The van der Waals surface area contributed by atoms with Crippen LogP contribution in [0.2, 0.25) is 0 Å². The van der Waals surface area contributed by atoms with Crippen LogP contribution in [0, 0.1) is 11.2 Å². The van der Waals surface area contributed by atoms with E-state index < -0.39 is 5.97 Å². The molecule has 0 unspecified atom stereocenters. The minimum Gasteiger partial charge on any atom is -0.478 e. The number of hydrogen-bond acceptors (Lipinski definition) is 4. The molecule has 1 aliphatic rings. The number of carbonyl (C=O) groups is 2. The summed E-state index contributed by atoms with van der Waals surface area (Å²) in [6.45, 7) is 7.50. The molecule has 3 aromatic carbocycles. The first-order valence-electron chi connectivity index (χ1n) is 12.9. The van der Waals surface area contributed by atoms with Crippen molar-refractivity contribution in [2.75, 3.05) is 31.6 Å². The van der Waals surface area contributed by atoms with E-state index in [0.717, 1.165) is 54.9 Å². The van der Waals surface area contributed by atoms with Crippen LogP contribution in [0.15, 0.2) is 66.7 Å². The number of carboxylic acids is 1. The topological polar surface area (TPSA) is 70.1 Å². The van der Waals surface area contributed by atoms with Gasteiger partial charge in [0.2, 0.25) is 5.91 Å². The van der Waals surface area contributed by atoms with Gasteiger partial charge in [-0.1, -0.05) is 37.3 Å². The van der Waals surface area contributed by atoms with Gasteiger partial charge in [0.1, 0.15) is 5.82 Å². The number of rotatable bonds is 9. The fourth-order valence-corrected chi connectivity index (χ4v) is 5.15. The number of methoxy groups -OCH3 is 1. The third kappa shape index (κ3) is 6.65. The van der Waals surface area contributed by atoms with Crippen molar-refractivity contribution in [2.45, 2.75) is 39.8 Å². The summed E-state index contributed by atoms with van der Waals surface area (Å²) in [6, 6.07) is 19.4. The summed E-state index contributed by atoms with van der Waals surface area (Å²) in [4.78, 5) is 27.9. The van der Waals surface area contributed by atoms with Crippen LogP contribution in [0.1, 0.15) is 48.2 Å². The van der Waals surface area contributed by atoms with Crippen LogP contribution in [0.4, 0.5) is 10.1 Å². The van der Waals surface area contributed by atoms with E-state index in [4.69, 9.17) is 9.84 Å². The molecule has 3 aromatic rings. The van der Waals surface area contributed by atoms with Crippen LogP contribution in [0.25, 0.3) is 11.1 Å². The molecule has 0 radical (unpaired) electrons. The van der Waals surface area contributed by atoms with Gasteiger partial charge in [-0.15, -0.1) is 0 Å². The van der Waals surface area contributed by atoms with E-state index in [1.54, 1.807) is 43.2 Å². The normalized spacial score (nSPS) is 15.3. The van der Waals surface area contributed by atoms with Crippen molar-refractivity contribution in [1.82, 2.24) is 4.90 Å². The maximum atomic E-state index is 13.4. The average Bonchev–Trinajstić information content (AvgIpc) is 2.90. The Kier molecular flexibility index (Phi) is 8.59. The number of aromatic carboxylic acids is 1. The summed E-state index contributed by atoms with van der Waals surface area (Å²) < 4.78 is 18.8. The highest BCUT2D eigenvalue weighted by Crippen LogP contribution is 2.34. The largest absolute Gasteiger partial charge is 0.478 e. The molecule has 1 fully saturated rings. The van der Waals surface area contributed by atoms with Crippen LogP contribution >= 0.6 is 0 Å². The van der Waals surface area contributed by atoms with E-state index in [9.17, 15) is 14.0 Å². The molecule has 0 saturated carbocycles. The first kappa shape index (κ1) is 27.5. The van der Waals surface area contributed by atoms with Crippen molar-refractivity contribution in [3.8, 4) is 11.1 Å². The molecular weight excluding hydrogens is 483 g/mol. The highest BCUT2D eigenvalue weighted by Gasteiger charge is 2.33. The number of amides is 1. The van der Waals surface area contributed by atoms with Gasteiger partial charge in [0.25, 0.3) is 0 Å². The average molecular weight is 519 g/mol. The van der Waals surface area contributed by atoms with Crippen LogP contribution < -0.4 is 4.90 Å². The molecule has 0 bridgehead atoms. The lowest BCUT2D eigenvalue weighted by Gasteiger charge is -2.42. The number of hydrogen-bond donors (Lipinski definition) is 1. The van der Waals surface area contributed by atoms with Gasteiger partial charge in [-0.2, -0.15) is 0 Å². The Hall–Kier alpha value is -3.55. The summed E-state index contributed by atoms with van der Waals surface area (Å²) in [7, 11) is 1.68. The third-order valence-electron chi connectivity index (χ3n) is 7.44. The second-order valence-electron chi connectivity index (χ2n) is 10.5. The molecule has 0 spiro atoms. The van der Waals surface area contributed by atoms with Crippen molar-refractivity contribution < 1.29 is 23.8 Å². The highest BCUT2D eigenvalue weighted by molar-refractivity contribution is 5.93. The Morgan fingerprint density at radius 1 is 1.03 bits per heavy atom. The highest BCUT2D eigenvalue weighted by atomic mass is 19.1. The molecule has 1 saturated heterocycles. The number of carboxylic acid groups (broad SMARTS) is 1. The number of ether oxygens (including phenoxy) is 1. The molecule has 0 aromatic heterocycles. The van der Waals surface area contributed by atoms with E-state index in [0.29, 0.717) is 13.2 Å². The van der Waals surface area contributed by atoms with Crippen molar-refractivity contribution in [3.05, 3.63) is 89.2 Å². The molecule has 0 aliphatic carbocycles. The number of carbonyl (C=O) groups excluding carboxylic acids is 1. The van der Waals surface area contributed by atoms with Gasteiger partial charge in [0.05, 0.1) is 12.2 Å². The molecule has 0 atom stereocenters. The lowest BCUT2D eigenvalue weighted by molar-refractivity contribution is -0.117. The summed E-state index contributed by atoms with van der Waals surface area (Å²) in [6.07, 6.45) is 1.89. The summed E-state index contributed by atoms with van der Waals surface area (Å²) >= 11 is 0. The number of likely N-dealkylation sites (tertiary alicyclic amines) is 1. The van der Waals surface area contributed by atoms with Gasteiger partial charge in [-0.25, -0.2) is 9.18 Å². The Bertz CT molecular complexity index is 1270. The van der Waals surface area contributed by atoms with Crippen LogP contribution in [-0.2, 0) is 22.7 Å². The van der Waals surface area contributed by atoms with E-state index in [1.165, 1.54) is 29.8 Å². The van der Waals surface area contributed by atoms with Crippen LogP contribution in [-0.4, -0.2) is 48.6 Å². The Labute approximate surface area is 223 Å². The van der Waals surface area contributed by atoms with Gasteiger partial charge in [-0.3, -0.25) is 9.69 Å². The lowest BCUT2D eigenvalue weighted by atomic mass is 9.79. The molecule has 38 heavy (non-hydrogen) atoms. The van der Waals surface area contributed by atoms with E-state index in [2.05, 4.69) is 30.0 Å². The molecule has 1 N–H and O–H groups in total. The third-order valence-corrected chi connectivity index (χ3v) is 7.44. The van der Waals surface area contributed by atoms with Crippen molar-refractivity contribution in [2.24, 2.45) is 5.41 Å². The number of benzene rings is 3. The predicted octanol–water partition coefficient (Wildman–Crippen LogP) is 5.99. The van der Waals surface area contributed by atoms with Gasteiger partial charge < -0.3 is 14.7 Å². The smallest absolute Gasteiger partial charge is 0.335 e. The monoisotopic (exact) mass is 518 g/mol. The molecule has 1 amide bonds. The van der Waals surface area contributed by atoms with Gasteiger partial charge >= 0.3 is 5.97 Å². The molecule has 1 heterocycles. The second kappa shape index (κ2) is 11.9. The summed E-state index contributed by atoms with van der Waals surface area (Å²) in [5.74, 6) is -1.29. The molecule has 1 aliphatic heterocycles. The fraction of sp³-hybridized carbons (Fsp3) is 0.355. The zero-order chi connectivity index (χ0) is 27.3. The molecule has 7 heteroatoms. The van der Waals surface area contributed by atoms with Crippen molar-refractivity contribution in [3.63, 3.8) is 0 Å². The maximum Gasteiger partial charge on any atom is 0.335 e. The Balaban J connectivity index is 1.41. The van der Waals surface area contributed by atoms with Gasteiger partial charge in [0.15, 0.2) is 0 Å². The van der Waals surface area contributed by atoms with Gasteiger partial charge in [-0.05, 0) is 90.0 Å².